The van der Waals surface area contributed by atoms with Crippen LogP contribution >= 0.6 is 0 Å². The van der Waals surface area contributed by atoms with E-state index in [1.54, 1.807) is 24.3 Å². The molecule has 0 saturated carbocycles. The molecule has 0 aliphatic carbocycles. The number of nitrogens with one attached hydrogen (secondary N) is 1. The zero-order chi connectivity index (χ0) is 16.9. The summed E-state index contributed by atoms with van der Waals surface area (Å²) in [5.74, 6) is -0.287. The molecule has 23 heavy (non-hydrogen) atoms. The van der Waals surface area contributed by atoms with Crippen LogP contribution in [0, 0.1) is 11.3 Å². The van der Waals surface area contributed by atoms with Gasteiger partial charge in [0.1, 0.15) is 6.07 Å². The molecule has 0 aliphatic heterocycles. The Hall–Kier alpha value is -2.79. The fraction of sp³-hybridized carbons (Fsp3) is 0.200. The first-order valence-electron chi connectivity index (χ1n) is 6.72. The third-order valence-electron chi connectivity index (χ3n) is 3.04. The minimum absolute atomic E-state index is 0.00394. The summed E-state index contributed by atoms with van der Waals surface area (Å²) in [7, 11) is -3.59. The van der Waals surface area contributed by atoms with Crippen molar-refractivity contribution in [2.75, 3.05) is 23.7 Å². The average molecular weight is 333 g/mol. The normalized spacial score (nSPS) is 10.8. The van der Waals surface area contributed by atoms with Crippen molar-refractivity contribution in [1.29, 1.82) is 5.26 Å². The summed E-state index contributed by atoms with van der Waals surface area (Å²) in [5.41, 5.74) is 0.528. The van der Waals surface area contributed by atoms with Gasteiger partial charge < -0.3 is 9.73 Å². The Balaban J connectivity index is 2.12. The van der Waals surface area contributed by atoms with Crippen molar-refractivity contribution < 1.29 is 17.6 Å². The number of furan rings is 1. The van der Waals surface area contributed by atoms with E-state index >= 15 is 0 Å². The molecule has 1 amide bonds. The SMILES string of the molecule is CS(=O)(=O)N(CCNC(=O)c1ccco1)c1ccccc1C#N. The van der Waals surface area contributed by atoms with Crippen LogP contribution in [0.15, 0.2) is 47.1 Å². The Kier molecular flexibility index (Phi) is 5.03. The minimum atomic E-state index is -3.59. The van der Waals surface area contributed by atoms with Crippen LogP contribution in [-0.2, 0) is 10.0 Å². The van der Waals surface area contributed by atoms with Gasteiger partial charge in [-0.1, -0.05) is 12.1 Å². The van der Waals surface area contributed by atoms with E-state index in [0.29, 0.717) is 0 Å². The molecule has 0 bridgehead atoms. The van der Waals surface area contributed by atoms with Crippen molar-refractivity contribution >= 4 is 21.6 Å². The lowest BCUT2D eigenvalue weighted by atomic mass is 10.2. The number of benzene rings is 1. The summed E-state index contributed by atoms with van der Waals surface area (Å²) in [5, 5.41) is 11.7. The van der Waals surface area contributed by atoms with Crippen LogP contribution in [0.4, 0.5) is 5.69 Å². The van der Waals surface area contributed by atoms with Crippen LogP contribution in [0.1, 0.15) is 16.1 Å². The fourth-order valence-corrected chi connectivity index (χ4v) is 2.96. The smallest absolute Gasteiger partial charge is 0.287 e. The van der Waals surface area contributed by atoms with Gasteiger partial charge in [-0.3, -0.25) is 9.10 Å². The van der Waals surface area contributed by atoms with E-state index in [0.717, 1.165) is 10.6 Å². The largest absolute Gasteiger partial charge is 0.459 e. The third-order valence-corrected chi connectivity index (χ3v) is 4.22. The number of nitriles is 1. The number of hydrogen-bond donors (Lipinski definition) is 1. The topological polar surface area (TPSA) is 103 Å². The van der Waals surface area contributed by atoms with E-state index in [1.807, 2.05) is 6.07 Å². The van der Waals surface area contributed by atoms with Gasteiger partial charge in [0.15, 0.2) is 5.76 Å². The van der Waals surface area contributed by atoms with Gasteiger partial charge in [-0.05, 0) is 24.3 Å². The molecule has 120 valence electrons. The van der Waals surface area contributed by atoms with Gasteiger partial charge in [0.05, 0.1) is 30.3 Å². The van der Waals surface area contributed by atoms with Crippen LogP contribution in [0.3, 0.4) is 0 Å². The quantitative estimate of drug-likeness (QED) is 0.859. The molecule has 0 radical (unpaired) electrons. The first kappa shape index (κ1) is 16.6. The molecule has 1 aromatic heterocycles. The number of hydrogen-bond acceptors (Lipinski definition) is 5. The zero-order valence-electron chi connectivity index (χ0n) is 12.4. The Labute approximate surface area is 134 Å². The molecule has 2 aromatic rings. The predicted octanol–water partition coefficient (Wildman–Crippen LogP) is 1.35. The second-order valence-corrected chi connectivity index (χ2v) is 6.60. The van der Waals surface area contributed by atoms with Crippen LogP contribution in [0.2, 0.25) is 0 Å². The van der Waals surface area contributed by atoms with Crippen LogP contribution in [0.5, 0.6) is 0 Å². The zero-order valence-corrected chi connectivity index (χ0v) is 13.2. The highest BCUT2D eigenvalue weighted by Gasteiger charge is 2.20. The van der Waals surface area contributed by atoms with Crippen LogP contribution in [0.25, 0.3) is 0 Å². The summed E-state index contributed by atoms with van der Waals surface area (Å²) >= 11 is 0. The second-order valence-electron chi connectivity index (χ2n) is 4.70. The number of rotatable bonds is 6. The molecular formula is C15H15N3O4S. The highest BCUT2D eigenvalue weighted by molar-refractivity contribution is 7.92. The monoisotopic (exact) mass is 333 g/mol. The molecule has 1 N–H and O–H groups in total. The van der Waals surface area contributed by atoms with Gasteiger partial charge >= 0.3 is 0 Å². The molecule has 0 aliphatic rings. The van der Waals surface area contributed by atoms with Gasteiger partial charge in [0.25, 0.3) is 5.91 Å². The maximum absolute atomic E-state index is 12.0. The third kappa shape index (κ3) is 4.11. The van der Waals surface area contributed by atoms with E-state index in [1.165, 1.54) is 18.4 Å². The maximum atomic E-state index is 12.0. The van der Waals surface area contributed by atoms with Gasteiger partial charge in [-0.15, -0.1) is 0 Å². The first-order chi connectivity index (χ1) is 10.9. The van der Waals surface area contributed by atoms with Crippen molar-refractivity contribution in [3.63, 3.8) is 0 Å². The van der Waals surface area contributed by atoms with Gasteiger partial charge in [0, 0.05) is 6.54 Å². The molecule has 0 unspecified atom stereocenters. The first-order valence-corrected chi connectivity index (χ1v) is 8.57. The van der Waals surface area contributed by atoms with Gasteiger partial charge in [-0.25, -0.2) is 8.42 Å². The van der Waals surface area contributed by atoms with E-state index in [2.05, 4.69) is 5.32 Å². The lowest BCUT2D eigenvalue weighted by molar-refractivity contribution is 0.0927. The molecular weight excluding hydrogens is 318 g/mol. The summed E-state index contributed by atoms with van der Waals surface area (Å²) in [4.78, 5) is 11.8. The predicted molar refractivity (Wildman–Crippen MR) is 84.4 cm³/mol. The molecule has 0 atom stereocenters. The summed E-state index contributed by atoms with van der Waals surface area (Å²) < 4.78 is 30.0. The van der Waals surface area contributed by atoms with Crippen molar-refractivity contribution in [3.8, 4) is 6.07 Å². The van der Waals surface area contributed by atoms with E-state index in [4.69, 9.17) is 9.68 Å². The fourth-order valence-electron chi connectivity index (χ4n) is 2.02. The summed E-state index contributed by atoms with van der Waals surface area (Å²) in [6.45, 7) is 0.0797. The number of carbonyl (C=O) groups excluding carboxylic acids is 1. The molecule has 0 spiro atoms. The van der Waals surface area contributed by atoms with E-state index in [9.17, 15) is 13.2 Å². The van der Waals surface area contributed by atoms with Crippen molar-refractivity contribution in [2.24, 2.45) is 0 Å². The highest BCUT2D eigenvalue weighted by Crippen LogP contribution is 2.21. The summed E-state index contributed by atoms with van der Waals surface area (Å²) in [6, 6.07) is 11.4. The van der Waals surface area contributed by atoms with Crippen LogP contribution in [-0.4, -0.2) is 33.7 Å². The molecule has 1 heterocycles. The number of nitrogens with zero attached hydrogens (tertiary/aromatic N) is 2. The second kappa shape index (κ2) is 6.98. The Morgan fingerprint density at radius 2 is 2.04 bits per heavy atom. The molecule has 7 nitrogen and oxygen atoms in total. The molecule has 8 heteroatoms. The van der Waals surface area contributed by atoms with E-state index < -0.39 is 15.9 Å². The van der Waals surface area contributed by atoms with Gasteiger partial charge in [0.2, 0.25) is 10.0 Å². The lowest BCUT2D eigenvalue weighted by Crippen LogP contribution is -2.38. The Bertz CT molecular complexity index is 823. The number of anilines is 1. The molecule has 1 aromatic carbocycles. The minimum Gasteiger partial charge on any atom is -0.459 e. The summed E-state index contributed by atoms with van der Waals surface area (Å²) in [6.07, 6.45) is 2.43. The number of para-hydroxylation sites is 1. The molecule has 0 saturated heterocycles. The lowest BCUT2D eigenvalue weighted by Gasteiger charge is -2.23. The van der Waals surface area contributed by atoms with E-state index in [-0.39, 0.29) is 30.1 Å². The Morgan fingerprint density at radius 1 is 1.30 bits per heavy atom. The molecule has 2 rings (SSSR count). The van der Waals surface area contributed by atoms with Crippen molar-refractivity contribution in [2.45, 2.75) is 0 Å². The number of carbonyl (C=O) groups is 1. The average Bonchev–Trinajstić information content (AvgIpc) is 3.04. The number of amides is 1. The van der Waals surface area contributed by atoms with Crippen LogP contribution < -0.4 is 9.62 Å². The Morgan fingerprint density at radius 3 is 2.65 bits per heavy atom. The van der Waals surface area contributed by atoms with Crippen molar-refractivity contribution in [1.82, 2.24) is 5.32 Å². The highest BCUT2D eigenvalue weighted by atomic mass is 32.2. The van der Waals surface area contributed by atoms with Gasteiger partial charge in [-0.2, -0.15) is 5.26 Å². The molecule has 0 fully saturated rings. The standard InChI is InChI=1S/C15H15N3O4S/c1-23(20,21)18(13-6-3-2-5-12(13)11-16)9-8-17-15(19)14-7-4-10-22-14/h2-7,10H,8-9H2,1H3,(H,17,19). The number of sulfonamides is 1. The maximum Gasteiger partial charge on any atom is 0.287 e. The van der Waals surface area contributed by atoms with Crippen molar-refractivity contribution in [3.05, 3.63) is 54.0 Å².